The second-order valence-corrected chi connectivity index (χ2v) is 5.02. The fraction of sp³-hybridized carbons (Fsp3) is 0.500. The molecule has 1 aromatic carbocycles. The third-order valence-electron chi connectivity index (χ3n) is 3.04. The van der Waals surface area contributed by atoms with Gasteiger partial charge in [0.05, 0.1) is 18.9 Å². The van der Waals surface area contributed by atoms with Crippen LogP contribution in [0.25, 0.3) is 0 Å². The molecule has 0 radical (unpaired) electrons. The lowest BCUT2D eigenvalue weighted by atomic mass is 10.2. The van der Waals surface area contributed by atoms with E-state index in [1.807, 2.05) is 0 Å². The second kappa shape index (κ2) is 9.05. The Labute approximate surface area is 142 Å². The van der Waals surface area contributed by atoms with Gasteiger partial charge in [0.15, 0.2) is 6.61 Å². The van der Waals surface area contributed by atoms with Crippen molar-refractivity contribution in [2.75, 3.05) is 31.7 Å². The number of amides is 1. The highest BCUT2D eigenvalue weighted by Crippen LogP contribution is 2.27. The minimum atomic E-state index is -4.53. The predicted octanol–water partition coefficient (Wildman–Crippen LogP) is 2.51. The number of anilines is 1. The van der Waals surface area contributed by atoms with Crippen LogP contribution in [0.5, 0.6) is 5.75 Å². The maximum atomic E-state index is 13.3. The first-order chi connectivity index (χ1) is 10.8. The Hall–Kier alpha value is -1.58. The molecule has 1 fully saturated rings. The molecule has 1 aliphatic heterocycles. The van der Waals surface area contributed by atoms with Crippen LogP contribution in [0.3, 0.4) is 0 Å². The summed E-state index contributed by atoms with van der Waals surface area (Å²) in [6.07, 6.45) is -4.48. The molecule has 1 unspecified atom stereocenters. The number of hydrogen-bond acceptors (Lipinski definition) is 4. The summed E-state index contributed by atoms with van der Waals surface area (Å²) < 4.78 is 59.7. The fourth-order valence-corrected chi connectivity index (χ4v) is 2.06. The predicted molar refractivity (Wildman–Crippen MR) is 81.1 cm³/mol. The van der Waals surface area contributed by atoms with Crippen molar-refractivity contribution in [1.82, 2.24) is 5.32 Å². The fourth-order valence-electron chi connectivity index (χ4n) is 2.06. The smallest absolute Gasteiger partial charge is 0.422 e. The van der Waals surface area contributed by atoms with Crippen molar-refractivity contribution >= 4 is 24.0 Å². The van der Waals surface area contributed by atoms with E-state index in [2.05, 4.69) is 15.4 Å². The number of nitrogens with one attached hydrogen (secondary N) is 2. The van der Waals surface area contributed by atoms with Crippen LogP contribution in [0.2, 0.25) is 0 Å². The molecule has 136 valence electrons. The van der Waals surface area contributed by atoms with Crippen LogP contribution in [-0.2, 0) is 9.53 Å². The lowest BCUT2D eigenvalue weighted by molar-refractivity contribution is -0.153. The molecule has 0 aromatic heterocycles. The highest BCUT2D eigenvalue weighted by Gasteiger charge is 2.29. The maximum Gasteiger partial charge on any atom is 0.422 e. The normalized spacial score (nSPS) is 17.8. The molecule has 24 heavy (non-hydrogen) atoms. The van der Waals surface area contributed by atoms with Crippen molar-refractivity contribution in [3.8, 4) is 5.75 Å². The van der Waals surface area contributed by atoms with E-state index in [4.69, 9.17) is 4.74 Å². The Kier molecular flexibility index (Phi) is 7.71. The van der Waals surface area contributed by atoms with Crippen molar-refractivity contribution in [3.05, 3.63) is 24.0 Å². The molecule has 5 nitrogen and oxygen atoms in total. The molecule has 2 N–H and O–H groups in total. The molecule has 1 aromatic rings. The van der Waals surface area contributed by atoms with Gasteiger partial charge in [-0.2, -0.15) is 13.2 Å². The summed E-state index contributed by atoms with van der Waals surface area (Å²) in [5.41, 5.74) is -0.143. The summed E-state index contributed by atoms with van der Waals surface area (Å²) in [5.74, 6) is -1.42. The summed E-state index contributed by atoms with van der Waals surface area (Å²) in [4.78, 5) is 11.9. The largest absolute Gasteiger partial charge is 0.482 e. The number of ether oxygens (including phenoxy) is 2. The SMILES string of the molecule is Cl.O=C(CC1COCCN1)Nc1cc(F)ccc1OCC(F)(F)F. The van der Waals surface area contributed by atoms with Crippen molar-refractivity contribution in [1.29, 1.82) is 0 Å². The van der Waals surface area contributed by atoms with E-state index in [9.17, 15) is 22.4 Å². The monoisotopic (exact) mass is 372 g/mol. The molecule has 0 saturated carbocycles. The zero-order valence-electron chi connectivity index (χ0n) is 12.5. The van der Waals surface area contributed by atoms with Crippen LogP contribution in [0, 0.1) is 5.82 Å². The van der Waals surface area contributed by atoms with E-state index in [1.54, 1.807) is 0 Å². The lowest BCUT2D eigenvalue weighted by Crippen LogP contribution is -2.43. The van der Waals surface area contributed by atoms with Gasteiger partial charge in [0.1, 0.15) is 11.6 Å². The van der Waals surface area contributed by atoms with Gasteiger partial charge in [0.2, 0.25) is 5.91 Å². The highest BCUT2D eigenvalue weighted by molar-refractivity contribution is 5.92. The van der Waals surface area contributed by atoms with E-state index in [0.717, 1.165) is 18.2 Å². The summed E-state index contributed by atoms with van der Waals surface area (Å²) in [7, 11) is 0. The molecule has 1 aliphatic rings. The summed E-state index contributed by atoms with van der Waals surface area (Å²) in [5, 5.41) is 5.43. The van der Waals surface area contributed by atoms with Crippen molar-refractivity contribution in [2.24, 2.45) is 0 Å². The zero-order valence-corrected chi connectivity index (χ0v) is 13.3. The standard InChI is InChI=1S/C14H16F4N2O3.ClH/c15-9-1-2-12(23-8-14(16,17)18)11(5-9)20-13(21)6-10-7-22-4-3-19-10;/h1-2,5,10,19H,3-4,6-8H2,(H,20,21);1H. The van der Waals surface area contributed by atoms with E-state index in [-0.39, 0.29) is 36.3 Å². The van der Waals surface area contributed by atoms with Gasteiger partial charge in [-0.05, 0) is 12.1 Å². The molecule has 0 bridgehead atoms. The number of alkyl halides is 3. The summed E-state index contributed by atoms with van der Waals surface area (Å²) in [6.45, 7) is -0.0111. The average molecular weight is 373 g/mol. The van der Waals surface area contributed by atoms with Gasteiger partial charge >= 0.3 is 6.18 Å². The minimum absolute atomic E-state index is 0. The summed E-state index contributed by atoms with van der Waals surface area (Å²) in [6, 6.07) is 2.71. The summed E-state index contributed by atoms with van der Waals surface area (Å²) >= 11 is 0. The number of carbonyl (C=O) groups is 1. The first-order valence-corrected chi connectivity index (χ1v) is 6.93. The Bertz CT molecular complexity index is 551. The third kappa shape index (κ3) is 6.90. The first kappa shape index (κ1) is 20.5. The van der Waals surface area contributed by atoms with Gasteiger partial charge in [-0.25, -0.2) is 4.39 Å². The van der Waals surface area contributed by atoms with Gasteiger partial charge < -0.3 is 20.1 Å². The van der Waals surface area contributed by atoms with E-state index >= 15 is 0 Å². The van der Waals surface area contributed by atoms with Crippen LogP contribution >= 0.6 is 12.4 Å². The zero-order chi connectivity index (χ0) is 16.9. The van der Waals surface area contributed by atoms with Gasteiger partial charge in [-0.15, -0.1) is 12.4 Å². The Morgan fingerprint density at radius 2 is 2.17 bits per heavy atom. The number of benzene rings is 1. The quantitative estimate of drug-likeness (QED) is 0.780. The number of halogens is 5. The average Bonchev–Trinajstić information content (AvgIpc) is 2.46. The highest BCUT2D eigenvalue weighted by atomic mass is 35.5. The molecule has 10 heteroatoms. The molecular weight excluding hydrogens is 356 g/mol. The minimum Gasteiger partial charge on any atom is -0.482 e. The Morgan fingerprint density at radius 1 is 1.42 bits per heavy atom. The second-order valence-electron chi connectivity index (χ2n) is 5.02. The number of carbonyl (C=O) groups excluding carboxylic acids is 1. The van der Waals surface area contributed by atoms with Crippen LogP contribution in [-0.4, -0.2) is 44.5 Å². The van der Waals surface area contributed by atoms with Crippen LogP contribution in [0.1, 0.15) is 6.42 Å². The van der Waals surface area contributed by atoms with Gasteiger partial charge in [0.25, 0.3) is 0 Å². The Morgan fingerprint density at radius 3 is 2.79 bits per heavy atom. The molecule has 0 aliphatic carbocycles. The van der Waals surface area contributed by atoms with E-state index in [0.29, 0.717) is 19.8 Å². The van der Waals surface area contributed by atoms with Crippen LogP contribution in [0.15, 0.2) is 18.2 Å². The number of hydrogen-bond donors (Lipinski definition) is 2. The molecule has 1 heterocycles. The molecule has 0 spiro atoms. The molecular formula is C14H17ClF4N2O3. The van der Waals surface area contributed by atoms with Crippen LogP contribution < -0.4 is 15.4 Å². The first-order valence-electron chi connectivity index (χ1n) is 6.93. The number of morpholine rings is 1. The van der Waals surface area contributed by atoms with Gasteiger partial charge in [0, 0.05) is 25.1 Å². The Balaban J connectivity index is 0.00000288. The van der Waals surface area contributed by atoms with Gasteiger partial charge in [-0.1, -0.05) is 0 Å². The van der Waals surface area contributed by atoms with Crippen molar-refractivity contribution in [3.63, 3.8) is 0 Å². The van der Waals surface area contributed by atoms with Crippen LogP contribution in [0.4, 0.5) is 23.2 Å². The van der Waals surface area contributed by atoms with Gasteiger partial charge in [-0.3, -0.25) is 4.79 Å². The maximum absolute atomic E-state index is 13.3. The third-order valence-corrected chi connectivity index (χ3v) is 3.04. The molecule has 1 saturated heterocycles. The topological polar surface area (TPSA) is 59.6 Å². The number of rotatable bonds is 5. The van der Waals surface area contributed by atoms with Crippen molar-refractivity contribution in [2.45, 2.75) is 18.6 Å². The molecule has 1 atom stereocenters. The lowest BCUT2D eigenvalue weighted by Gasteiger charge is -2.23. The van der Waals surface area contributed by atoms with E-state index in [1.165, 1.54) is 0 Å². The molecule has 2 rings (SSSR count). The molecule has 1 amide bonds. The van der Waals surface area contributed by atoms with E-state index < -0.39 is 24.5 Å². The van der Waals surface area contributed by atoms with Crippen molar-refractivity contribution < 1.29 is 31.8 Å².